The van der Waals surface area contributed by atoms with Crippen molar-refractivity contribution in [1.82, 2.24) is 5.32 Å². The Morgan fingerprint density at radius 2 is 1.76 bits per heavy atom. The number of hydrogen-bond donors (Lipinski definition) is 1. The van der Waals surface area contributed by atoms with E-state index >= 15 is 0 Å². The van der Waals surface area contributed by atoms with Gasteiger partial charge in [-0.2, -0.15) is 0 Å². The van der Waals surface area contributed by atoms with Gasteiger partial charge in [-0.3, -0.25) is 0 Å². The molecule has 0 amide bonds. The van der Waals surface area contributed by atoms with Gasteiger partial charge in [-0.25, -0.2) is 8.78 Å². The van der Waals surface area contributed by atoms with E-state index in [1.165, 1.54) is 12.1 Å². The van der Waals surface area contributed by atoms with E-state index in [0.717, 1.165) is 0 Å². The first kappa shape index (κ1) is 16.2. The average Bonchev–Trinajstić information content (AvgIpc) is 2.41. The van der Waals surface area contributed by atoms with Gasteiger partial charge in [0.2, 0.25) is 0 Å². The Morgan fingerprint density at radius 3 is 2.29 bits per heavy atom. The maximum absolute atomic E-state index is 14.1. The van der Waals surface area contributed by atoms with Crippen LogP contribution in [0.1, 0.15) is 39.2 Å². The summed E-state index contributed by atoms with van der Waals surface area (Å²) in [6, 6.07) is 2.66. The summed E-state index contributed by atoms with van der Waals surface area (Å²) in [5, 5.41) is 3.20. The summed E-state index contributed by atoms with van der Waals surface area (Å²) in [6.07, 6.45) is 1.14. The molecule has 0 spiro atoms. The maximum Gasteiger partial charge on any atom is 0.191 e. The molecule has 1 aliphatic rings. The van der Waals surface area contributed by atoms with Gasteiger partial charge >= 0.3 is 0 Å². The van der Waals surface area contributed by atoms with Crippen molar-refractivity contribution in [2.45, 2.75) is 51.8 Å². The highest BCUT2D eigenvalue weighted by Gasteiger charge is 2.20. The third-order valence-corrected chi connectivity index (χ3v) is 3.33. The molecule has 1 heterocycles. The molecular formula is C16H23F2NO2. The van der Waals surface area contributed by atoms with Crippen LogP contribution in [0.25, 0.3) is 0 Å². The number of ether oxygens (including phenoxy) is 2. The highest BCUT2D eigenvalue weighted by Crippen LogP contribution is 2.26. The SMILES string of the molecule is CC(C)(C)NCc1cc(F)c(OC2CCOCC2)c(F)c1. The Kier molecular flexibility index (Phi) is 5.17. The van der Waals surface area contributed by atoms with Crippen molar-refractivity contribution in [1.29, 1.82) is 0 Å². The fourth-order valence-corrected chi connectivity index (χ4v) is 2.15. The second-order valence-corrected chi connectivity index (χ2v) is 6.42. The fourth-order valence-electron chi connectivity index (χ4n) is 2.15. The monoisotopic (exact) mass is 299 g/mol. The van der Waals surface area contributed by atoms with Crippen LogP contribution >= 0.6 is 0 Å². The summed E-state index contributed by atoms with van der Waals surface area (Å²) in [5.74, 6) is -1.57. The zero-order valence-corrected chi connectivity index (χ0v) is 12.8. The Balaban J connectivity index is 2.05. The van der Waals surface area contributed by atoms with Crippen LogP contribution in [0, 0.1) is 11.6 Å². The van der Waals surface area contributed by atoms with Crippen molar-refractivity contribution in [2.75, 3.05) is 13.2 Å². The lowest BCUT2D eigenvalue weighted by Gasteiger charge is -2.24. The molecule has 0 unspecified atom stereocenters. The molecule has 5 heteroatoms. The van der Waals surface area contributed by atoms with Crippen molar-refractivity contribution >= 4 is 0 Å². The lowest BCUT2D eigenvalue weighted by Crippen LogP contribution is -2.35. The van der Waals surface area contributed by atoms with Gasteiger partial charge in [-0.1, -0.05) is 0 Å². The molecule has 1 N–H and O–H groups in total. The van der Waals surface area contributed by atoms with Gasteiger partial charge in [0, 0.05) is 24.9 Å². The third kappa shape index (κ3) is 4.93. The molecule has 0 radical (unpaired) electrons. The van der Waals surface area contributed by atoms with Gasteiger partial charge in [0.1, 0.15) is 6.10 Å². The molecule has 0 aromatic heterocycles. The van der Waals surface area contributed by atoms with Crippen LogP contribution in [-0.4, -0.2) is 24.9 Å². The van der Waals surface area contributed by atoms with E-state index in [1.54, 1.807) is 0 Å². The summed E-state index contributed by atoms with van der Waals surface area (Å²) in [5.41, 5.74) is 0.462. The first-order valence-electron chi connectivity index (χ1n) is 7.32. The molecule has 0 bridgehead atoms. The van der Waals surface area contributed by atoms with Crippen LogP contribution in [-0.2, 0) is 11.3 Å². The predicted molar refractivity (Wildman–Crippen MR) is 77.4 cm³/mol. The Bertz CT molecular complexity index is 457. The molecule has 3 nitrogen and oxygen atoms in total. The van der Waals surface area contributed by atoms with Crippen LogP contribution in [0.15, 0.2) is 12.1 Å². The minimum absolute atomic E-state index is 0.107. The Labute approximate surface area is 124 Å². The molecule has 0 saturated carbocycles. The molecule has 1 aromatic carbocycles. The summed E-state index contributed by atoms with van der Waals surface area (Å²) in [4.78, 5) is 0. The number of benzene rings is 1. The average molecular weight is 299 g/mol. The number of halogens is 2. The molecule has 118 valence electrons. The van der Waals surface area contributed by atoms with E-state index in [4.69, 9.17) is 9.47 Å². The first-order chi connectivity index (χ1) is 9.85. The van der Waals surface area contributed by atoms with E-state index in [9.17, 15) is 8.78 Å². The van der Waals surface area contributed by atoms with E-state index in [-0.39, 0.29) is 17.4 Å². The minimum atomic E-state index is -0.646. The summed E-state index contributed by atoms with van der Waals surface area (Å²) >= 11 is 0. The highest BCUT2D eigenvalue weighted by molar-refractivity contribution is 5.31. The van der Waals surface area contributed by atoms with Crippen molar-refractivity contribution in [3.63, 3.8) is 0 Å². The third-order valence-electron chi connectivity index (χ3n) is 3.33. The van der Waals surface area contributed by atoms with E-state index in [1.807, 2.05) is 20.8 Å². The summed E-state index contributed by atoms with van der Waals surface area (Å²) in [7, 11) is 0. The molecule has 21 heavy (non-hydrogen) atoms. The fraction of sp³-hybridized carbons (Fsp3) is 0.625. The number of hydrogen-bond acceptors (Lipinski definition) is 3. The summed E-state index contributed by atoms with van der Waals surface area (Å²) < 4.78 is 38.8. The van der Waals surface area contributed by atoms with Gasteiger partial charge in [0.25, 0.3) is 0 Å². The largest absolute Gasteiger partial charge is 0.484 e. The zero-order valence-electron chi connectivity index (χ0n) is 12.8. The van der Waals surface area contributed by atoms with Gasteiger partial charge in [-0.15, -0.1) is 0 Å². The minimum Gasteiger partial charge on any atom is -0.484 e. The molecule has 2 rings (SSSR count). The normalized spacial score (nSPS) is 17.0. The van der Waals surface area contributed by atoms with Crippen molar-refractivity contribution in [3.8, 4) is 5.75 Å². The summed E-state index contributed by atoms with van der Waals surface area (Å²) in [6.45, 7) is 7.56. The molecule has 1 aliphatic heterocycles. The van der Waals surface area contributed by atoms with Crippen LogP contribution in [0.2, 0.25) is 0 Å². The zero-order chi connectivity index (χ0) is 15.5. The van der Waals surface area contributed by atoms with Gasteiger partial charge in [0.15, 0.2) is 17.4 Å². The van der Waals surface area contributed by atoms with Gasteiger partial charge in [0.05, 0.1) is 13.2 Å². The van der Waals surface area contributed by atoms with Crippen LogP contribution in [0.4, 0.5) is 8.78 Å². The molecule has 1 saturated heterocycles. The first-order valence-corrected chi connectivity index (χ1v) is 7.32. The standard InChI is InChI=1S/C16H23F2NO2/c1-16(2,3)19-10-11-8-13(17)15(14(18)9-11)21-12-4-6-20-7-5-12/h8-9,12,19H,4-7,10H2,1-3H3. The number of rotatable bonds is 4. The highest BCUT2D eigenvalue weighted by atomic mass is 19.1. The second kappa shape index (κ2) is 6.71. The molecule has 1 fully saturated rings. The molecule has 0 aliphatic carbocycles. The molecule has 1 aromatic rings. The maximum atomic E-state index is 14.1. The van der Waals surface area contributed by atoms with Crippen LogP contribution in [0.5, 0.6) is 5.75 Å². The van der Waals surface area contributed by atoms with E-state index in [2.05, 4.69) is 5.32 Å². The van der Waals surface area contributed by atoms with E-state index < -0.39 is 11.6 Å². The second-order valence-electron chi connectivity index (χ2n) is 6.42. The Hall–Kier alpha value is -1.20. The van der Waals surface area contributed by atoms with Gasteiger partial charge in [-0.05, 0) is 38.5 Å². The van der Waals surface area contributed by atoms with E-state index in [0.29, 0.717) is 38.2 Å². The van der Waals surface area contributed by atoms with Crippen LogP contribution in [0.3, 0.4) is 0 Å². The van der Waals surface area contributed by atoms with Gasteiger partial charge < -0.3 is 14.8 Å². The smallest absolute Gasteiger partial charge is 0.191 e. The molecule has 0 atom stereocenters. The van der Waals surface area contributed by atoms with Crippen molar-refractivity contribution in [3.05, 3.63) is 29.3 Å². The topological polar surface area (TPSA) is 30.5 Å². The lowest BCUT2D eigenvalue weighted by molar-refractivity contribution is 0.0223. The predicted octanol–water partition coefficient (Wildman–Crippen LogP) is 3.41. The van der Waals surface area contributed by atoms with Crippen molar-refractivity contribution in [2.24, 2.45) is 0 Å². The van der Waals surface area contributed by atoms with Crippen molar-refractivity contribution < 1.29 is 18.3 Å². The quantitative estimate of drug-likeness (QED) is 0.924. The number of nitrogens with one attached hydrogen (secondary N) is 1. The van der Waals surface area contributed by atoms with Crippen LogP contribution < -0.4 is 10.1 Å². The lowest BCUT2D eigenvalue weighted by atomic mass is 10.1. The Morgan fingerprint density at radius 1 is 1.19 bits per heavy atom. The molecular weight excluding hydrogens is 276 g/mol.